The number of allylic oxidation sites excluding steroid dienone is 2. The first kappa shape index (κ1) is 19.3. The summed E-state index contributed by atoms with van der Waals surface area (Å²) < 4.78 is 1.95. The number of fused-ring (bicyclic) bond motifs is 1. The third kappa shape index (κ3) is 4.28. The van der Waals surface area contributed by atoms with E-state index in [4.69, 9.17) is 0 Å². The van der Waals surface area contributed by atoms with Crippen molar-refractivity contribution in [3.05, 3.63) is 30.9 Å². The van der Waals surface area contributed by atoms with Crippen molar-refractivity contribution in [1.82, 2.24) is 19.8 Å². The standard InChI is InChI=1S/C20H28N4O3/c1-14(2)12-17(18(25)22-8-5-10-23-11-9-21-13-23)24-19(26)15-6-3-4-7-16(15)20(24)27/h3-4,9,11,13-17H,5-8,10,12H2,1-2H3,(H,22,25). The van der Waals surface area contributed by atoms with E-state index in [0.29, 0.717) is 25.8 Å². The van der Waals surface area contributed by atoms with Gasteiger partial charge in [0.25, 0.3) is 0 Å². The molecular formula is C20H28N4O3. The average Bonchev–Trinajstić information content (AvgIpc) is 3.25. The quantitative estimate of drug-likeness (QED) is 0.428. The summed E-state index contributed by atoms with van der Waals surface area (Å²) in [4.78, 5) is 43.8. The number of amides is 3. The number of rotatable bonds is 8. The van der Waals surface area contributed by atoms with Gasteiger partial charge in [-0.2, -0.15) is 0 Å². The summed E-state index contributed by atoms with van der Waals surface area (Å²) in [6.07, 6.45) is 11.7. The van der Waals surface area contributed by atoms with Crippen LogP contribution in [0.2, 0.25) is 0 Å². The molecule has 0 bridgehead atoms. The van der Waals surface area contributed by atoms with Crippen molar-refractivity contribution in [2.75, 3.05) is 6.54 Å². The fourth-order valence-corrected chi connectivity index (χ4v) is 3.92. The normalized spacial score (nSPS) is 23.0. The Balaban J connectivity index is 1.63. The van der Waals surface area contributed by atoms with Gasteiger partial charge in [-0.1, -0.05) is 26.0 Å². The Bertz CT molecular complexity index is 685. The Morgan fingerprint density at radius 1 is 1.22 bits per heavy atom. The average molecular weight is 372 g/mol. The highest BCUT2D eigenvalue weighted by Crippen LogP contribution is 2.37. The van der Waals surface area contributed by atoms with Crippen molar-refractivity contribution in [2.24, 2.45) is 17.8 Å². The van der Waals surface area contributed by atoms with Crippen molar-refractivity contribution in [3.8, 4) is 0 Å². The number of hydrogen-bond acceptors (Lipinski definition) is 4. The number of hydrogen-bond donors (Lipinski definition) is 1. The Labute approximate surface area is 159 Å². The lowest BCUT2D eigenvalue weighted by Gasteiger charge is -2.27. The van der Waals surface area contributed by atoms with Crippen molar-refractivity contribution >= 4 is 17.7 Å². The molecule has 3 rings (SSSR count). The van der Waals surface area contributed by atoms with Crippen molar-refractivity contribution < 1.29 is 14.4 Å². The van der Waals surface area contributed by atoms with Crippen molar-refractivity contribution in [2.45, 2.75) is 52.1 Å². The van der Waals surface area contributed by atoms with Crippen LogP contribution in [0.15, 0.2) is 30.9 Å². The highest BCUT2D eigenvalue weighted by Gasteiger charge is 2.51. The van der Waals surface area contributed by atoms with Crippen LogP contribution < -0.4 is 5.32 Å². The second-order valence-electron chi connectivity index (χ2n) is 7.79. The fraction of sp³-hybridized carbons (Fsp3) is 0.600. The number of nitrogens with zero attached hydrogens (tertiary/aromatic N) is 3. The molecule has 0 aromatic carbocycles. The minimum atomic E-state index is -0.719. The fourth-order valence-electron chi connectivity index (χ4n) is 3.92. The molecule has 7 nitrogen and oxygen atoms in total. The number of nitrogens with one attached hydrogen (secondary N) is 1. The smallest absolute Gasteiger partial charge is 0.243 e. The summed E-state index contributed by atoms with van der Waals surface area (Å²) in [5.74, 6) is -1.00. The molecule has 0 saturated carbocycles. The molecule has 0 radical (unpaired) electrons. The molecular weight excluding hydrogens is 344 g/mol. The highest BCUT2D eigenvalue weighted by molar-refractivity contribution is 6.08. The van der Waals surface area contributed by atoms with Crippen LogP contribution in [0.5, 0.6) is 0 Å². The molecule has 3 unspecified atom stereocenters. The van der Waals surface area contributed by atoms with Crippen LogP contribution in [-0.4, -0.2) is 44.8 Å². The van der Waals surface area contributed by atoms with Gasteiger partial charge in [-0.15, -0.1) is 0 Å². The van der Waals surface area contributed by atoms with Gasteiger partial charge in [0, 0.05) is 25.5 Å². The highest BCUT2D eigenvalue weighted by atomic mass is 16.2. The second-order valence-corrected chi connectivity index (χ2v) is 7.79. The third-order valence-electron chi connectivity index (χ3n) is 5.30. The van der Waals surface area contributed by atoms with Crippen LogP contribution in [0.1, 0.15) is 39.5 Å². The van der Waals surface area contributed by atoms with Gasteiger partial charge in [0.2, 0.25) is 17.7 Å². The SMILES string of the molecule is CC(C)CC(C(=O)NCCCn1ccnc1)N1C(=O)C2CC=CCC2C1=O. The number of carbonyl (C=O) groups is 3. The van der Waals surface area contributed by atoms with Gasteiger partial charge in [-0.05, 0) is 31.6 Å². The lowest BCUT2D eigenvalue weighted by Crippen LogP contribution is -2.50. The Morgan fingerprint density at radius 3 is 2.44 bits per heavy atom. The Kier molecular flexibility index (Phi) is 6.08. The molecule has 2 heterocycles. The van der Waals surface area contributed by atoms with E-state index >= 15 is 0 Å². The minimum absolute atomic E-state index is 0.187. The number of likely N-dealkylation sites (tertiary alicyclic amines) is 1. The van der Waals surface area contributed by atoms with Gasteiger partial charge >= 0.3 is 0 Å². The summed E-state index contributed by atoms with van der Waals surface area (Å²) in [6.45, 7) is 5.25. The van der Waals surface area contributed by atoms with E-state index in [2.05, 4.69) is 10.3 Å². The molecule has 1 N–H and O–H groups in total. The molecule has 3 atom stereocenters. The maximum atomic E-state index is 12.8. The molecule has 7 heteroatoms. The molecule has 1 aliphatic carbocycles. The van der Waals surface area contributed by atoms with Gasteiger partial charge in [0.1, 0.15) is 6.04 Å². The molecule has 1 aliphatic heterocycles. The predicted molar refractivity (Wildman–Crippen MR) is 100 cm³/mol. The number of aromatic nitrogens is 2. The first-order chi connectivity index (χ1) is 13.0. The topological polar surface area (TPSA) is 84.3 Å². The van der Waals surface area contributed by atoms with E-state index in [1.807, 2.05) is 36.8 Å². The van der Waals surface area contributed by atoms with Gasteiger partial charge in [0.15, 0.2) is 0 Å². The molecule has 1 aromatic heterocycles. The summed E-state index contributed by atoms with van der Waals surface area (Å²) >= 11 is 0. The van der Waals surface area contributed by atoms with Crippen molar-refractivity contribution in [3.63, 3.8) is 0 Å². The van der Waals surface area contributed by atoms with Crippen LogP contribution in [0.4, 0.5) is 0 Å². The molecule has 27 heavy (non-hydrogen) atoms. The minimum Gasteiger partial charge on any atom is -0.354 e. The number of imide groups is 1. The number of aryl methyl sites for hydroxylation is 1. The zero-order valence-electron chi connectivity index (χ0n) is 16.0. The number of carbonyl (C=O) groups excluding carboxylic acids is 3. The van der Waals surface area contributed by atoms with Gasteiger partial charge in [-0.25, -0.2) is 4.98 Å². The molecule has 0 spiro atoms. The molecule has 1 saturated heterocycles. The van der Waals surface area contributed by atoms with E-state index in [-0.39, 0.29) is 35.5 Å². The zero-order chi connectivity index (χ0) is 19.4. The Morgan fingerprint density at radius 2 is 1.89 bits per heavy atom. The van der Waals surface area contributed by atoms with E-state index in [1.165, 1.54) is 4.90 Å². The van der Waals surface area contributed by atoms with Crippen molar-refractivity contribution in [1.29, 1.82) is 0 Å². The predicted octanol–water partition coefficient (Wildman–Crippen LogP) is 1.76. The molecule has 146 valence electrons. The molecule has 2 aliphatic rings. The van der Waals surface area contributed by atoms with Gasteiger partial charge in [-0.3, -0.25) is 19.3 Å². The summed E-state index contributed by atoms with van der Waals surface area (Å²) in [6, 6.07) is -0.719. The first-order valence-corrected chi connectivity index (χ1v) is 9.74. The monoisotopic (exact) mass is 372 g/mol. The maximum absolute atomic E-state index is 12.8. The number of imidazole rings is 1. The van der Waals surface area contributed by atoms with Crippen LogP contribution in [0, 0.1) is 17.8 Å². The summed E-state index contributed by atoms with van der Waals surface area (Å²) in [5.41, 5.74) is 0. The Hall–Kier alpha value is -2.44. The largest absolute Gasteiger partial charge is 0.354 e. The molecule has 1 fully saturated rings. The van der Waals surface area contributed by atoms with Gasteiger partial charge < -0.3 is 9.88 Å². The van der Waals surface area contributed by atoms with E-state index in [9.17, 15) is 14.4 Å². The van der Waals surface area contributed by atoms with Gasteiger partial charge in [0.05, 0.1) is 18.2 Å². The lowest BCUT2D eigenvalue weighted by molar-refractivity contribution is -0.148. The van der Waals surface area contributed by atoms with Crippen LogP contribution in [-0.2, 0) is 20.9 Å². The summed E-state index contributed by atoms with van der Waals surface area (Å²) in [7, 11) is 0. The lowest BCUT2D eigenvalue weighted by atomic mass is 9.85. The van der Waals surface area contributed by atoms with Crippen LogP contribution in [0.3, 0.4) is 0 Å². The molecule has 3 amide bonds. The third-order valence-corrected chi connectivity index (χ3v) is 5.30. The summed E-state index contributed by atoms with van der Waals surface area (Å²) in [5, 5.41) is 2.92. The van der Waals surface area contributed by atoms with E-state index in [0.717, 1.165) is 13.0 Å². The van der Waals surface area contributed by atoms with E-state index in [1.54, 1.807) is 12.5 Å². The van der Waals surface area contributed by atoms with Crippen LogP contribution in [0.25, 0.3) is 0 Å². The maximum Gasteiger partial charge on any atom is 0.243 e. The zero-order valence-corrected chi connectivity index (χ0v) is 16.0. The molecule has 1 aromatic rings. The van der Waals surface area contributed by atoms with E-state index < -0.39 is 6.04 Å². The first-order valence-electron chi connectivity index (χ1n) is 9.74. The van der Waals surface area contributed by atoms with Crippen LogP contribution >= 0.6 is 0 Å². The second kappa shape index (κ2) is 8.50.